The average molecular weight is 204 g/mol. The summed E-state index contributed by atoms with van der Waals surface area (Å²) < 4.78 is 4.42. The second-order valence-corrected chi connectivity index (χ2v) is 3.78. The number of benzene rings is 1. The van der Waals surface area contributed by atoms with Crippen molar-refractivity contribution in [2.75, 3.05) is 11.9 Å². The quantitative estimate of drug-likeness (QED) is 0.703. The molecule has 0 atom stereocenters. The van der Waals surface area contributed by atoms with Gasteiger partial charge >= 0.3 is 6.09 Å². The third-order valence-corrected chi connectivity index (χ3v) is 2.87. The zero-order valence-corrected chi connectivity index (χ0v) is 8.82. The summed E-state index contributed by atoms with van der Waals surface area (Å²) in [5.74, 6) is 0. The number of aryl methyl sites for hydroxylation is 2. The van der Waals surface area contributed by atoms with Crippen LogP contribution in [0, 0.1) is 7.11 Å². The van der Waals surface area contributed by atoms with Crippen molar-refractivity contribution in [3.05, 3.63) is 36.4 Å². The zero-order chi connectivity index (χ0) is 10.8. The van der Waals surface area contributed by atoms with E-state index < -0.39 is 6.09 Å². The van der Waals surface area contributed by atoms with Crippen LogP contribution in [0.15, 0.2) is 18.2 Å². The zero-order valence-electron chi connectivity index (χ0n) is 8.82. The van der Waals surface area contributed by atoms with Crippen molar-refractivity contribution in [2.24, 2.45) is 0 Å². The molecule has 2 rings (SSSR count). The first kappa shape index (κ1) is 10.0. The second kappa shape index (κ2) is 3.93. The van der Waals surface area contributed by atoms with E-state index in [-0.39, 0.29) is 0 Å². The standard InChI is InChI=1S/C12H14NO2/c1-13(12(14)15-2)11-7-6-9-4-3-5-10(9)8-11/h6-8H,2-5H2,1H3. The number of amides is 1. The van der Waals surface area contributed by atoms with Gasteiger partial charge in [-0.1, -0.05) is 6.07 Å². The minimum Gasteiger partial charge on any atom is -0.446 e. The van der Waals surface area contributed by atoms with E-state index in [0.717, 1.165) is 18.5 Å². The fourth-order valence-corrected chi connectivity index (χ4v) is 1.97. The molecule has 0 saturated carbocycles. The Bertz CT molecular complexity index is 387. The first-order chi connectivity index (χ1) is 7.22. The Morgan fingerprint density at radius 3 is 2.87 bits per heavy atom. The topological polar surface area (TPSA) is 29.5 Å². The van der Waals surface area contributed by atoms with Gasteiger partial charge in [-0.2, -0.15) is 0 Å². The van der Waals surface area contributed by atoms with Gasteiger partial charge < -0.3 is 4.74 Å². The molecule has 15 heavy (non-hydrogen) atoms. The van der Waals surface area contributed by atoms with Crippen LogP contribution in [0.5, 0.6) is 0 Å². The number of anilines is 1. The number of rotatable bonds is 1. The molecule has 1 aliphatic carbocycles. The lowest BCUT2D eigenvalue weighted by Gasteiger charge is -2.16. The Morgan fingerprint density at radius 2 is 2.13 bits per heavy atom. The van der Waals surface area contributed by atoms with Gasteiger partial charge in [0.2, 0.25) is 0 Å². The van der Waals surface area contributed by atoms with Crippen LogP contribution in [0.1, 0.15) is 17.5 Å². The van der Waals surface area contributed by atoms with E-state index in [2.05, 4.69) is 24.0 Å². The highest BCUT2D eigenvalue weighted by Gasteiger charge is 2.15. The third-order valence-electron chi connectivity index (χ3n) is 2.87. The number of hydrogen-bond donors (Lipinski definition) is 0. The van der Waals surface area contributed by atoms with Crippen LogP contribution in [0.3, 0.4) is 0 Å². The maximum atomic E-state index is 11.3. The highest BCUT2D eigenvalue weighted by Crippen LogP contribution is 2.26. The molecule has 0 unspecified atom stereocenters. The maximum Gasteiger partial charge on any atom is 0.414 e. The Kier molecular flexibility index (Phi) is 2.62. The Morgan fingerprint density at radius 1 is 1.40 bits per heavy atom. The monoisotopic (exact) mass is 204 g/mol. The molecule has 0 aliphatic heterocycles. The summed E-state index contributed by atoms with van der Waals surface area (Å²) in [5, 5.41) is 0. The molecule has 0 saturated heterocycles. The van der Waals surface area contributed by atoms with Gasteiger partial charge in [0, 0.05) is 12.7 Å². The summed E-state index contributed by atoms with van der Waals surface area (Å²) in [7, 11) is 4.80. The van der Waals surface area contributed by atoms with E-state index >= 15 is 0 Å². The van der Waals surface area contributed by atoms with Crippen LogP contribution >= 0.6 is 0 Å². The lowest BCUT2D eigenvalue weighted by Crippen LogP contribution is -2.25. The molecular formula is C12H14NO2. The van der Waals surface area contributed by atoms with Gasteiger partial charge in [0.05, 0.1) is 0 Å². The first-order valence-corrected chi connectivity index (χ1v) is 5.04. The van der Waals surface area contributed by atoms with Gasteiger partial charge in [0.1, 0.15) is 7.11 Å². The number of carbonyl (C=O) groups is 1. The molecule has 3 nitrogen and oxygen atoms in total. The molecule has 1 radical (unpaired) electrons. The van der Waals surface area contributed by atoms with Crippen LogP contribution in [0.2, 0.25) is 0 Å². The van der Waals surface area contributed by atoms with E-state index in [1.54, 1.807) is 7.05 Å². The Labute approximate surface area is 89.7 Å². The Hall–Kier alpha value is -1.51. The summed E-state index contributed by atoms with van der Waals surface area (Å²) in [6.45, 7) is 0. The van der Waals surface area contributed by atoms with Crippen LogP contribution in [0.25, 0.3) is 0 Å². The SMILES string of the molecule is [CH2]OC(=O)N(C)c1ccc2c(c1)CCC2. The molecule has 0 aromatic heterocycles. The van der Waals surface area contributed by atoms with Crippen LogP contribution < -0.4 is 4.90 Å². The van der Waals surface area contributed by atoms with Crippen LogP contribution in [-0.2, 0) is 17.6 Å². The van der Waals surface area contributed by atoms with E-state index in [0.29, 0.717) is 0 Å². The fourth-order valence-electron chi connectivity index (χ4n) is 1.97. The van der Waals surface area contributed by atoms with E-state index in [1.165, 1.54) is 22.4 Å². The molecule has 0 N–H and O–H groups in total. The van der Waals surface area contributed by atoms with Crippen LogP contribution in [-0.4, -0.2) is 13.1 Å². The average Bonchev–Trinajstić information content (AvgIpc) is 2.73. The highest BCUT2D eigenvalue weighted by atomic mass is 16.5. The smallest absolute Gasteiger partial charge is 0.414 e. The molecule has 1 aromatic carbocycles. The van der Waals surface area contributed by atoms with Gasteiger partial charge in [0.25, 0.3) is 0 Å². The predicted molar refractivity (Wildman–Crippen MR) is 58.7 cm³/mol. The summed E-state index contributed by atoms with van der Waals surface area (Å²) in [5.41, 5.74) is 3.61. The molecule has 0 heterocycles. The minimum absolute atomic E-state index is 0.437. The predicted octanol–water partition coefficient (Wildman–Crippen LogP) is 2.54. The van der Waals surface area contributed by atoms with Gasteiger partial charge in [-0.3, -0.25) is 4.90 Å². The molecule has 3 heteroatoms. The lowest BCUT2D eigenvalue weighted by molar-refractivity contribution is 0.192. The van der Waals surface area contributed by atoms with Crippen molar-refractivity contribution >= 4 is 11.8 Å². The minimum atomic E-state index is -0.437. The van der Waals surface area contributed by atoms with Gasteiger partial charge in [-0.15, -0.1) is 0 Å². The van der Waals surface area contributed by atoms with Crippen molar-refractivity contribution in [3.8, 4) is 0 Å². The van der Waals surface area contributed by atoms with Crippen molar-refractivity contribution in [1.82, 2.24) is 0 Å². The van der Waals surface area contributed by atoms with Crippen molar-refractivity contribution in [3.63, 3.8) is 0 Å². The molecule has 1 amide bonds. The second-order valence-electron chi connectivity index (χ2n) is 3.78. The lowest BCUT2D eigenvalue weighted by atomic mass is 10.1. The summed E-state index contributed by atoms with van der Waals surface area (Å²) in [6, 6.07) is 6.09. The Balaban J connectivity index is 2.26. The molecule has 0 fully saturated rings. The molecule has 0 spiro atoms. The number of fused-ring (bicyclic) bond motifs is 1. The number of ether oxygens (including phenoxy) is 1. The number of nitrogens with zero attached hydrogens (tertiary/aromatic N) is 1. The molecule has 79 valence electrons. The molecule has 0 bridgehead atoms. The summed E-state index contributed by atoms with van der Waals surface area (Å²) in [6.07, 6.45) is 3.03. The largest absolute Gasteiger partial charge is 0.446 e. The molecular weight excluding hydrogens is 190 g/mol. The molecule has 1 aliphatic rings. The van der Waals surface area contributed by atoms with E-state index in [4.69, 9.17) is 0 Å². The third kappa shape index (κ3) is 1.82. The van der Waals surface area contributed by atoms with Crippen molar-refractivity contribution < 1.29 is 9.53 Å². The fraction of sp³-hybridized carbons (Fsp3) is 0.333. The number of hydrogen-bond acceptors (Lipinski definition) is 2. The van der Waals surface area contributed by atoms with Gasteiger partial charge in [-0.05, 0) is 42.5 Å². The molecule has 1 aromatic rings. The maximum absolute atomic E-state index is 11.3. The normalized spacial score (nSPS) is 13.5. The highest BCUT2D eigenvalue weighted by molar-refractivity contribution is 5.87. The number of carbonyl (C=O) groups excluding carboxylic acids is 1. The van der Waals surface area contributed by atoms with Crippen LogP contribution in [0.4, 0.5) is 10.5 Å². The van der Waals surface area contributed by atoms with Gasteiger partial charge in [0.15, 0.2) is 0 Å². The van der Waals surface area contributed by atoms with Crippen molar-refractivity contribution in [1.29, 1.82) is 0 Å². The summed E-state index contributed by atoms with van der Waals surface area (Å²) >= 11 is 0. The summed E-state index contributed by atoms with van der Waals surface area (Å²) in [4.78, 5) is 12.7. The first-order valence-electron chi connectivity index (χ1n) is 5.04. The van der Waals surface area contributed by atoms with Crippen molar-refractivity contribution in [2.45, 2.75) is 19.3 Å². The van der Waals surface area contributed by atoms with E-state index in [1.807, 2.05) is 6.07 Å². The van der Waals surface area contributed by atoms with Gasteiger partial charge in [-0.25, -0.2) is 4.79 Å². The van der Waals surface area contributed by atoms with E-state index in [9.17, 15) is 4.79 Å².